The van der Waals surface area contributed by atoms with Crippen LogP contribution >= 0.6 is 0 Å². The third kappa shape index (κ3) is 3.63. The Morgan fingerprint density at radius 1 is 1.26 bits per heavy atom. The highest BCUT2D eigenvalue weighted by molar-refractivity contribution is 5.91. The minimum atomic E-state index is -0.261. The van der Waals surface area contributed by atoms with E-state index in [-0.39, 0.29) is 17.8 Å². The number of carbonyl (C=O) groups excluding carboxylic acids is 1. The van der Waals surface area contributed by atoms with E-state index in [4.69, 9.17) is 4.42 Å². The van der Waals surface area contributed by atoms with Gasteiger partial charge in [-0.15, -0.1) is 0 Å². The number of oxazole rings is 1. The Kier molecular flexibility index (Phi) is 4.75. The van der Waals surface area contributed by atoms with Crippen molar-refractivity contribution in [2.75, 3.05) is 6.54 Å². The molecular formula is C20H21FN4O2. The number of aromatic nitrogens is 3. The van der Waals surface area contributed by atoms with Gasteiger partial charge in [-0.2, -0.15) is 0 Å². The number of piperidine rings is 1. The summed E-state index contributed by atoms with van der Waals surface area (Å²) >= 11 is 0. The molecule has 1 aromatic carbocycles. The number of rotatable bonds is 4. The smallest absolute Gasteiger partial charge is 0.290 e. The highest BCUT2D eigenvalue weighted by Gasteiger charge is 2.33. The van der Waals surface area contributed by atoms with Crippen molar-refractivity contribution in [3.05, 3.63) is 71.7 Å². The number of hydrogen-bond donors (Lipinski definition) is 0. The number of amides is 1. The van der Waals surface area contributed by atoms with Gasteiger partial charge in [0.25, 0.3) is 5.91 Å². The minimum absolute atomic E-state index is 0.106. The molecular weight excluding hydrogens is 347 g/mol. The molecule has 27 heavy (non-hydrogen) atoms. The number of halogens is 1. The molecule has 2 aromatic heterocycles. The molecule has 0 saturated carbocycles. The fourth-order valence-corrected chi connectivity index (χ4v) is 3.49. The normalized spacial score (nSPS) is 17.3. The molecule has 0 radical (unpaired) electrons. The minimum Gasteiger partial charge on any atom is -0.443 e. The summed E-state index contributed by atoms with van der Waals surface area (Å²) in [5.74, 6) is 1.30. The summed E-state index contributed by atoms with van der Waals surface area (Å²) in [5, 5.41) is 0. The fourth-order valence-electron chi connectivity index (χ4n) is 3.49. The molecule has 1 unspecified atom stereocenters. The third-order valence-corrected chi connectivity index (χ3v) is 4.92. The van der Waals surface area contributed by atoms with Crippen molar-refractivity contribution in [3.8, 4) is 0 Å². The van der Waals surface area contributed by atoms with Gasteiger partial charge in [-0.05, 0) is 37.0 Å². The van der Waals surface area contributed by atoms with Crippen molar-refractivity contribution in [1.29, 1.82) is 0 Å². The van der Waals surface area contributed by atoms with E-state index in [2.05, 4.69) is 9.97 Å². The van der Waals surface area contributed by atoms with Crippen LogP contribution in [0.25, 0.3) is 0 Å². The van der Waals surface area contributed by atoms with E-state index in [9.17, 15) is 9.18 Å². The van der Waals surface area contributed by atoms with Crippen LogP contribution in [0.3, 0.4) is 0 Å². The average Bonchev–Trinajstić information content (AvgIpc) is 3.32. The number of likely N-dealkylation sites (tertiary alicyclic amines) is 1. The first-order valence-corrected chi connectivity index (χ1v) is 9.09. The molecule has 140 valence electrons. The lowest BCUT2D eigenvalue weighted by atomic mass is 10.0. The highest BCUT2D eigenvalue weighted by Crippen LogP contribution is 2.32. The van der Waals surface area contributed by atoms with Crippen LogP contribution in [0.15, 0.2) is 47.3 Å². The largest absolute Gasteiger partial charge is 0.443 e. The van der Waals surface area contributed by atoms with E-state index in [1.165, 1.54) is 12.1 Å². The lowest BCUT2D eigenvalue weighted by Gasteiger charge is -2.33. The Bertz CT molecular complexity index is 932. The number of hydrogen-bond acceptors (Lipinski definition) is 4. The second-order valence-corrected chi connectivity index (χ2v) is 6.84. The molecule has 1 fully saturated rings. The quantitative estimate of drug-likeness (QED) is 0.707. The predicted octanol–water partition coefficient (Wildman–Crippen LogP) is 3.51. The molecule has 1 amide bonds. The van der Waals surface area contributed by atoms with Crippen LogP contribution in [0.1, 0.15) is 53.1 Å². The molecule has 3 aromatic rings. The number of benzene rings is 1. The van der Waals surface area contributed by atoms with Gasteiger partial charge in [-0.25, -0.2) is 14.4 Å². The molecule has 6 nitrogen and oxygen atoms in total. The summed E-state index contributed by atoms with van der Waals surface area (Å²) in [7, 11) is 1.81. The van der Waals surface area contributed by atoms with Gasteiger partial charge in [0.2, 0.25) is 5.89 Å². The standard InChI is InChI=1S/C20H21FN4O2/c1-24-11-9-22-18(24)20(26)25-10-3-2-4-17(25)19-23-13-16(27-19)12-14-5-7-15(21)8-6-14/h5-9,11,13,17H,2-4,10,12H2,1H3. The molecule has 1 aliphatic rings. The maximum Gasteiger partial charge on any atom is 0.290 e. The van der Waals surface area contributed by atoms with E-state index >= 15 is 0 Å². The second kappa shape index (κ2) is 7.34. The summed E-state index contributed by atoms with van der Waals surface area (Å²) in [6.07, 6.45) is 8.40. The van der Waals surface area contributed by atoms with Crippen LogP contribution in [0, 0.1) is 5.82 Å². The predicted molar refractivity (Wildman–Crippen MR) is 96.5 cm³/mol. The first-order chi connectivity index (χ1) is 13.1. The number of carbonyl (C=O) groups is 1. The van der Waals surface area contributed by atoms with Gasteiger partial charge in [-0.1, -0.05) is 12.1 Å². The van der Waals surface area contributed by atoms with Crippen LogP contribution in [-0.4, -0.2) is 31.9 Å². The maximum absolute atomic E-state index is 13.1. The zero-order chi connectivity index (χ0) is 18.8. The Morgan fingerprint density at radius 3 is 2.81 bits per heavy atom. The molecule has 4 rings (SSSR count). The van der Waals surface area contributed by atoms with Gasteiger partial charge in [0.15, 0.2) is 5.82 Å². The second-order valence-electron chi connectivity index (χ2n) is 6.84. The molecule has 0 aliphatic carbocycles. The molecule has 1 saturated heterocycles. The van der Waals surface area contributed by atoms with Crippen molar-refractivity contribution in [3.63, 3.8) is 0 Å². The Morgan fingerprint density at radius 2 is 2.07 bits per heavy atom. The Labute approximate surface area is 156 Å². The molecule has 0 spiro atoms. The fraction of sp³-hybridized carbons (Fsp3) is 0.350. The van der Waals surface area contributed by atoms with Gasteiger partial charge < -0.3 is 13.9 Å². The van der Waals surface area contributed by atoms with Crippen molar-refractivity contribution in [2.45, 2.75) is 31.7 Å². The van der Waals surface area contributed by atoms with Crippen molar-refractivity contribution >= 4 is 5.91 Å². The molecule has 3 heterocycles. The first-order valence-electron chi connectivity index (χ1n) is 9.09. The van der Waals surface area contributed by atoms with Crippen LogP contribution in [-0.2, 0) is 13.5 Å². The van der Waals surface area contributed by atoms with Gasteiger partial charge in [0, 0.05) is 32.4 Å². The zero-order valence-corrected chi connectivity index (χ0v) is 15.1. The van der Waals surface area contributed by atoms with Crippen LogP contribution in [0.2, 0.25) is 0 Å². The van der Waals surface area contributed by atoms with E-state index in [0.29, 0.717) is 30.4 Å². The lowest BCUT2D eigenvalue weighted by molar-refractivity contribution is 0.0554. The van der Waals surface area contributed by atoms with Crippen molar-refractivity contribution < 1.29 is 13.6 Å². The lowest BCUT2D eigenvalue weighted by Crippen LogP contribution is -2.39. The van der Waals surface area contributed by atoms with Crippen LogP contribution < -0.4 is 0 Å². The summed E-state index contributed by atoms with van der Waals surface area (Å²) in [6, 6.07) is 6.14. The Balaban J connectivity index is 1.54. The zero-order valence-electron chi connectivity index (χ0n) is 15.1. The number of imidazole rings is 1. The highest BCUT2D eigenvalue weighted by atomic mass is 19.1. The van der Waals surface area contributed by atoms with Gasteiger partial charge >= 0.3 is 0 Å². The maximum atomic E-state index is 13.1. The van der Waals surface area contributed by atoms with Gasteiger partial charge in [0.1, 0.15) is 17.6 Å². The van der Waals surface area contributed by atoms with E-state index in [0.717, 1.165) is 24.8 Å². The van der Waals surface area contributed by atoms with Crippen LogP contribution in [0.4, 0.5) is 4.39 Å². The summed E-state index contributed by atoms with van der Waals surface area (Å²) in [4.78, 5) is 23.3. The summed E-state index contributed by atoms with van der Waals surface area (Å²) in [6.45, 7) is 0.659. The monoisotopic (exact) mass is 368 g/mol. The summed E-state index contributed by atoms with van der Waals surface area (Å²) < 4.78 is 20.7. The van der Waals surface area contributed by atoms with E-state index in [1.54, 1.807) is 40.2 Å². The third-order valence-electron chi connectivity index (χ3n) is 4.92. The van der Waals surface area contributed by atoms with Gasteiger partial charge in [0.05, 0.1) is 6.20 Å². The first kappa shape index (κ1) is 17.5. The van der Waals surface area contributed by atoms with Crippen molar-refractivity contribution in [2.24, 2.45) is 7.05 Å². The molecule has 7 heteroatoms. The van der Waals surface area contributed by atoms with E-state index < -0.39 is 0 Å². The van der Waals surface area contributed by atoms with Crippen LogP contribution in [0.5, 0.6) is 0 Å². The SMILES string of the molecule is Cn1ccnc1C(=O)N1CCCCC1c1ncc(Cc2ccc(F)cc2)o1. The van der Waals surface area contributed by atoms with Gasteiger partial charge in [-0.3, -0.25) is 4.79 Å². The molecule has 1 atom stereocenters. The molecule has 0 bridgehead atoms. The van der Waals surface area contributed by atoms with E-state index in [1.807, 2.05) is 7.05 Å². The molecule has 1 aliphatic heterocycles. The van der Waals surface area contributed by atoms with Crippen molar-refractivity contribution in [1.82, 2.24) is 19.4 Å². The number of aryl methyl sites for hydroxylation is 1. The Hall–Kier alpha value is -2.96. The number of nitrogens with zero attached hydrogens (tertiary/aromatic N) is 4. The average molecular weight is 368 g/mol. The topological polar surface area (TPSA) is 64.2 Å². The molecule has 0 N–H and O–H groups in total. The summed E-state index contributed by atoms with van der Waals surface area (Å²) in [5.41, 5.74) is 0.948.